The molecule has 0 aliphatic rings. The molecule has 0 bridgehead atoms. The quantitative estimate of drug-likeness (QED) is 0.0847. The number of rotatable bonds is 10. The van der Waals surface area contributed by atoms with Gasteiger partial charge in [0.15, 0.2) is 0 Å². The average molecular weight is 631 g/mol. The fraction of sp³-hybridized carbons (Fsp3) is 0. The fourth-order valence-electron chi connectivity index (χ4n) is 4.16. The molecule has 0 aliphatic heterocycles. The maximum absolute atomic E-state index is 12.6. The summed E-state index contributed by atoms with van der Waals surface area (Å²) in [6, 6.07) is 45.4. The van der Waals surface area contributed by atoms with Crippen LogP contribution in [-0.2, 0) is 0 Å². The Labute approximate surface area is 275 Å². The SMILES string of the molecule is O=C(Oc1ccc(N=Nc2ccccc2)cc1)c1ccc(N=Nc2ccc(C(=O)Oc3ccc(N=Nc4ccccc4)cc3)cc2)cc1. The second-order valence-electron chi connectivity index (χ2n) is 10.1. The molecule has 0 aromatic heterocycles. The summed E-state index contributed by atoms with van der Waals surface area (Å²) >= 11 is 0. The monoisotopic (exact) mass is 630 g/mol. The van der Waals surface area contributed by atoms with E-state index in [0.29, 0.717) is 45.4 Å². The van der Waals surface area contributed by atoms with Gasteiger partial charge in [-0.15, -0.1) is 0 Å². The van der Waals surface area contributed by atoms with Crippen LogP contribution in [0.3, 0.4) is 0 Å². The first-order valence-electron chi connectivity index (χ1n) is 14.8. The number of carbonyl (C=O) groups excluding carboxylic acids is 2. The van der Waals surface area contributed by atoms with Gasteiger partial charge in [0.2, 0.25) is 0 Å². The highest BCUT2D eigenvalue weighted by atomic mass is 16.5. The number of hydrogen-bond acceptors (Lipinski definition) is 10. The van der Waals surface area contributed by atoms with E-state index in [2.05, 4.69) is 30.7 Å². The van der Waals surface area contributed by atoms with Gasteiger partial charge < -0.3 is 9.47 Å². The molecule has 0 N–H and O–H groups in total. The van der Waals surface area contributed by atoms with Crippen molar-refractivity contribution < 1.29 is 19.1 Å². The second kappa shape index (κ2) is 15.4. The normalized spacial score (nSPS) is 11.2. The maximum Gasteiger partial charge on any atom is 0.343 e. The molecule has 0 amide bonds. The van der Waals surface area contributed by atoms with Gasteiger partial charge in [0, 0.05) is 0 Å². The van der Waals surface area contributed by atoms with Gasteiger partial charge in [-0.05, 0) is 121 Å². The number of carbonyl (C=O) groups is 2. The van der Waals surface area contributed by atoms with Crippen LogP contribution < -0.4 is 9.47 Å². The van der Waals surface area contributed by atoms with Gasteiger partial charge in [0.05, 0.1) is 45.3 Å². The van der Waals surface area contributed by atoms with Crippen LogP contribution in [0.25, 0.3) is 0 Å². The van der Waals surface area contributed by atoms with Crippen molar-refractivity contribution in [2.75, 3.05) is 0 Å². The van der Waals surface area contributed by atoms with Gasteiger partial charge in [-0.1, -0.05) is 36.4 Å². The summed E-state index contributed by atoms with van der Waals surface area (Å²) in [5, 5.41) is 25.1. The Kier molecular flexibility index (Phi) is 9.95. The van der Waals surface area contributed by atoms with E-state index in [0.717, 1.165) is 11.4 Å². The molecule has 0 atom stereocenters. The molecular formula is C38H26N6O4. The maximum atomic E-state index is 12.6. The molecule has 232 valence electrons. The average Bonchev–Trinajstić information content (AvgIpc) is 3.14. The summed E-state index contributed by atoms with van der Waals surface area (Å²) in [6.45, 7) is 0. The van der Waals surface area contributed by atoms with E-state index in [9.17, 15) is 9.59 Å². The topological polar surface area (TPSA) is 127 Å². The molecule has 10 heteroatoms. The smallest absolute Gasteiger partial charge is 0.343 e. The van der Waals surface area contributed by atoms with E-state index in [-0.39, 0.29) is 0 Å². The Hall–Kier alpha value is -6.94. The van der Waals surface area contributed by atoms with Crippen LogP contribution in [0.4, 0.5) is 34.1 Å². The molecule has 10 nitrogen and oxygen atoms in total. The summed E-state index contributed by atoms with van der Waals surface area (Å²) in [7, 11) is 0. The number of ether oxygens (including phenoxy) is 2. The van der Waals surface area contributed by atoms with Gasteiger partial charge in [0.25, 0.3) is 0 Å². The van der Waals surface area contributed by atoms with Crippen LogP contribution in [-0.4, -0.2) is 11.9 Å². The van der Waals surface area contributed by atoms with Crippen molar-refractivity contribution in [3.8, 4) is 11.5 Å². The highest BCUT2D eigenvalue weighted by Crippen LogP contribution is 2.25. The molecule has 0 heterocycles. The molecule has 0 saturated carbocycles. The minimum Gasteiger partial charge on any atom is -0.423 e. The lowest BCUT2D eigenvalue weighted by molar-refractivity contribution is 0.0725. The first-order chi connectivity index (χ1) is 23.6. The zero-order valence-electron chi connectivity index (χ0n) is 25.3. The summed E-state index contributed by atoms with van der Waals surface area (Å²) in [5.74, 6) is -0.253. The van der Waals surface area contributed by atoms with Crippen molar-refractivity contribution >= 4 is 46.1 Å². The molecule has 6 rings (SSSR count). The molecule has 6 aromatic carbocycles. The van der Waals surface area contributed by atoms with Crippen molar-refractivity contribution in [3.05, 3.63) is 169 Å². The van der Waals surface area contributed by atoms with Crippen molar-refractivity contribution in [3.63, 3.8) is 0 Å². The number of hydrogen-bond donors (Lipinski definition) is 0. The van der Waals surface area contributed by atoms with Crippen LogP contribution in [0.2, 0.25) is 0 Å². The van der Waals surface area contributed by atoms with E-state index >= 15 is 0 Å². The lowest BCUT2D eigenvalue weighted by Crippen LogP contribution is -2.07. The van der Waals surface area contributed by atoms with Crippen molar-refractivity contribution in [2.24, 2.45) is 30.7 Å². The van der Waals surface area contributed by atoms with Crippen molar-refractivity contribution in [1.29, 1.82) is 0 Å². The minimum atomic E-state index is -0.510. The predicted molar refractivity (Wildman–Crippen MR) is 181 cm³/mol. The van der Waals surface area contributed by atoms with E-state index in [1.54, 1.807) is 97.1 Å². The minimum absolute atomic E-state index is 0.357. The highest BCUT2D eigenvalue weighted by molar-refractivity contribution is 5.92. The Morgan fingerprint density at radius 3 is 0.854 bits per heavy atom. The zero-order valence-corrected chi connectivity index (χ0v) is 25.3. The molecule has 0 unspecified atom stereocenters. The Bertz CT molecular complexity index is 1910. The Morgan fingerprint density at radius 1 is 0.312 bits per heavy atom. The standard InChI is InChI=1S/C38H26N6O4/c45-37(47-35-23-19-33(20-24-35)43-39-29-7-3-1-4-8-29)27-11-15-31(16-12-27)41-42-32-17-13-28(14-18-32)38(46)48-36-25-21-34(22-26-36)44-40-30-9-5-2-6-10-30/h1-26H. The van der Waals surface area contributed by atoms with E-state index in [1.807, 2.05) is 60.7 Å². The molecular weight excluding hydrogens is 604 g/mol. The van der Waals surface area contributed by atoms with E-state index < -0.39 is 11.9 Å². The van der Waals surface area contributed by atoms with Gasteiger partial charge in [-0.3, -0.25) is 0 Å². The van der Waals surface area contributed by atoms with Crippen LogP contribution in [0.1, 0.15) is 20.7 Å². The van der Waals surface area contributed by atoms with Crippen LogP contribution in [0, 0.1) is 0 Å². The van der Waals surface area contributed by atoms with Gasteiger partial charge in [0.1, 0.15) is 11.5 Å². The van der Waals surface area contributed by atoms with Crippen LogP contribution >= 0.6 is 0 Å². The van der Waals surface area contributed by atoms with E-state index in [4.69, 9.17) is 9.47 Å². The van der Waals surface area contributed by atoms with Gasteiger partial charge in [-0.25, -0.2) is 9.59 Å². The summed E-state index contributed by atoms with van der Waals surface area (Å²) < 4.78 is 10.9. The first kappa shape index (κ1) is 31.1. The number of azo groups is 3. The number of benzene rings is 6. The van der Waals surface area contributed by atoms with Crippen molar-refractivity contribution in [1.82, 2.24) is 0 Å². The second-order valence-corrected chi connectivity index (χ2v) is 10.1. The Morgan fingerprint density at radius 2 is 0.562 bits per heavy atom. The Balaban J connectivity index is 0.982. The lowest BCUT2D eigenvalue weighted by Gasteiger charge is -2.05. The summed E-state index contributed by atoms with van der Waals surface area (Å²) in [4.78, 5) is 25.3. The highest BCUT2D eigenvalue weighted by Gasteiger charge is 2.10. The molecule has 0 spiro atoms. The van der Waals surface area contributed by atoms with Crippen LogP contribution in [0.15, 0.2) is 188 Å². The first-order valence-corrected chi connectivity index (χ1v) is 14.8. The number of esters is 2. The molecule has 0 radical (unpaired) electrons. The largest absolute Gasteiger partial charge is 0.423 e. The number of nitrogens with zero attached hydrogens (tertiary/aromatic N) is 6. The molecule has 0 fully saturated rings. The van der Waals surface area contributed by atoms with Gasteiger partial charge >= 0.3 is 11.9 Å². The zero-order chi connectivity index (χ0) is 33.0. The van der Waals surface area contributed by atoms with E-state index in [1.165, 1.54) is 0 Å². The summed E-state index contributed by atoms with van der Waals surface area (Å²) in [6.07, 6.45) is 0. The molecule has 0 aliphatic carbocycles. The third-order valence-corrected chi connectivity index (χ3v) is 6.66. The third-order valence-electron chi connectivity index (χ3n) is 6.66. The predicted octanol–water partition coefficient (Wildman–Crippen LogP) is 11.4. The fourth-order valence-corrected chi connectivity index (χ4v) is 4.16. The molecule has 6 aromatic rings. The summed E-state index contributed by atoms with van der Waals surface area (Å²) in [5.41, 5.74) is 4.54. The molecule has 0 saturated heterocycles. The molecule has 48 heavy (non-hydrogen) atoms. The lowest BCUT2D eigenvalue weighted by atomic mass is 10.2. The van der Waals surface area contributed by atoms with Gasteiger partial charge in [-0.2, -0.15) is 30.7 Å². The van der Waals surface area contributed by atoms with Crippen LogP contribution in [0.5, 0.6) is 11.5 Å². The van der Waals surface area contributed by atoms with Crippen molar-refractivity contribution in [2.45, 2.75) is 0 Å². The third kappa shape index (κ3) is 8.83.